The predicted molar refractivity (Wildman–Crippen MR) is 96.3 cm³/mol. The van der Waals surface area contributed by atoms with Crippen LogP contribution in [0.4, 0.5) is 5.95 Å². The molecule has 0 saturated carbocycles. The average Bonchev–Trinajstić information content (AvgIpc) is 2.62. The van der Waals surface area contributed by atoms with E-state index in [0.717, 1.165) is 5.56 Å². The Labute approximate surface area is 152 Å². The fourth-order valence-electron chi connectivity index (χ4n) is 2.09. The Hall–Kier alpha value is -2.56. The molecule has 0 radical (unpaired) electrons. The van der Waals surface area contributed by atoms with Crippen molar-refractivity contribution in [2.24, 2.45) is 5.14 Å². The zero-order chi connectivity index (χ0) is 19.0. The molecule has 2 aromatic rings. The van der Waals surface area contributed by atoms with Gasteiger partial charge in [0.15, 0.2) is 0 Å². The number of nitrogens with one attached hydrogen (secondary N) is 2. The molecule has 0 aliphatic carbocycles. The molecule has 9 nitrogen and oxygen atoms in total. The summed E-state index contributed by atoms with van der Waals surface area (Å²) in [5, 5.41) is 10.8. The first-order valence-electron chi connectivity index (χ1n) is 7.86. The second-order valence-corrected chi connectivity index (χ2v) is 6.94. The van der Waals surface area contributed by atoms with Gasteiger partial charge in [-0.15, -0.1) is 0 Å². The van der Waals surface area contributed by atoms with Crippen LogP contribution in [0.5, 0.6) is 0 Å². The fraction of sp³-hybridized carbons (Fsp3) is 0.312. The lowest BCUT2D eigenvalue weighted by Crippen LogP contribution is -2.27. The molecule has 0 bridgehead atoms. The van der Waals surface area contributed by atoms with Crippen LogP contribution in [-0.4, -0.2) is 51.1 Å². The number of benzene rings is 1. The molecule has 0 aliphatic rings. The van der Waals surface area contributed by atoms with Gasteiger partial charge in [0.1, 0.15) is 5.69 Å². The van der Waals surface area contributed by atoms with Crippen molar-refractivity contribution in [3.05, 3.63) is 47.8 Å². The third-order valence-electron chi connectivity index (χ3n) is 3.43. The molecule has 1 amide bonds. The molecule has 0 aliphatic heterocycles. The van der Waals surface area contributed by atoms with Gasteiger partial charge in [0.25, 0.3) is 5.91 Å². The van der Waals surface area contributed by atoms with E-state index in [2.05, 4.69) is 20.6 Å². The quantitative estimate of drug-likeness (QED) is 0.528. The fourth-order valence-corrected chi connectivity index (χ4v) is 2.61. The summed E-state index contributed by atoms with van der Waals surface area (Å²) in [6.45, 7) is 1.42. The molecule has 1 heterocycles. The van der Waals surface area contributed by atoms with Crippen LogP contribution in [0.1, 0.15) is 16.1 Å². The summed E-state index contributed by atoms with van der Waals surface area (Å²) in [4.78, 5) is 20.4. The van der Waals surface area contributed by atoms with Crippen molar-refractivity contribution in [2.75, 3.05) is 32.1 Å². The molecule has 10 heteroatoms. The van der Waals surface area contributed by atoms with Gasteiger partial charge >= 0.3 is 0 Å². The molecule has 0 atom stereocenters. The van der Waals surface area contributed by atoms with Crippen LogP contribution in [0.25, 0.3) is 0 Å². The van der Waals surface area contributed by atoms with E-state index in [1.54, 1.807) is 19.2 Å². The number of anilines is 1. The number of primary sulfonamides is 1. The molecule has 4 N–H and O–H groups in total. The van der Waals surface area contributed by atoms with Crippen LogP contribution >= 0.6 is 0 Å². The standard InChI is InChI=1S/C16H21N5O4S/c1-25-11-10-20-16-19-9-7-14(21-16)15(22)18-8-6-12-2-4-13(5-3-12)26(17,23)24/h2-5,7,9H,6,8,10-11H2,1H3,(H,18,22)(H2,17,23,24)(H,19,20,21). The number of carbonyl (C=O) groups excluding carboxylic acids is 1. The maximum atomic E-state index is 12.2. The van der Waals surface area contributed by atoms with Crippen LogP contribution in [0.3, 0.4) is 0 Å². The van der Waals surface area contributed by atoms with Crippen molar-refractivity contribution in [1.82, 2.24) is 15.3 Å². The Balaban J connectivity index is 1.86. The summed E-state index contributed by atoms with van der Waals surface area (Å²) in [7, 11) is -2.11. The zero-order valence-corrected chi connectivity index (χ0v) is 15.1. The van der Waals surface area contributed by atoms with Gasteiger partial charge in [-0.3, -0.25) is 4.79 Å². The van der Waals surface area contributed by atoms with E-state index in [4.69, 9.17) is 9.88 Å². The maximum absolute atomic E-state index is 12.2. The summed E-state index contributed by atoms with van der Waals surface area (Å²) < 4.78 is 27.3. The van der Waals surface area contributed by atoms with Gasteiger partial charge in [-0.25, -0.2) is 23.5 Å². The topological polar surface area (TPSA) is 136 Å². The first-order chi connectivity index (χ1) is 12.4. The lowest BCUT2D eigenvalue weighted by atomic mass is 10.1. The van der Waals surface area contributed by atoms with Crippen molar-refractivity contribution >= 4 is 21.9 Å². The molecule has 140 valence electrons. The minimum absolute atomic E-state index is 0.0553. The van der Waals surface area contributed by atoms with Crippen LogP contribution in [0.2, 0.25) is 0 Å². The largest absolute Gasteiger partial charge is 0.383 e. The minimum Gasteiger partial charge on any atom is -0.383 e. The van der Waals surface area contributed by atoms with Gasteiger partial charge in [0, 0.05) is 26.4 Å². The Morgan fingerprint density at radius 2 is 1.92 bits per heavy atom. The summed E-state index contributed by atoms with van der Waals surface area (Å²) in [6.07, 6.45) is 2.05. The molecular weight excluding hydrogens is 358 g/mol. The highest BCUT2D eigenvalue weighted by molar-refractivity contribution is 7.89. The Kier molecular flexibility index (Phi) is 7.01. The van der Waals surface area contributed by atoms with E-state index < -0.39 is 10.0 Å². The van der Waals surface area contributed by atoms with Crippen LogP contribution in [0.15, 0.2) is 41.4 Å². The van der Waals surface area contributed by atoms with Crippen molar-refractivity contribution in [1.29, 1.82) is 0 Å². The highest BCUT2D eigenvalue weighted by Gasteiger charge is 2.09. The molecule has 0 unspecified atom stereocenters. The van der Waals surface area contributed by atoms with E-state index >= 15 is 0 Å². The number of nitrogens with zero attached hydrogens (tertiary/aromatic N) is 2. The molecule has 2 rings (SSSR count). The van der Waals surface area contributed by atoms with Crippen LogP contribution in [0, 0.1) is 0 Å². The summed E-state index contributed by atoms with van der Waals surface area (Å²) >= 11 is 0. The number of aromatic nitrogens is 2. The average molecular weight is 379 g/mol. The number of nitrogens with two attached hydrogens (primary N) is 1. The van der Waals surface area contributed by atoms with Gasteiger partial charge in [0.2, 0.25) is 16.0 Å². The number of hydrogen-bond donors (Lipinski definition) is 3. The molecule has 1 aromatic carbocycles. The SMILES string of the molecule is COCCNc1nccc(C(=O)NCCc2ccc(S(N)(=O)=O)cc2)n1. The molecule has 0 saturated heterocycles. The predicted octanol–water partition coefficient (Wildman–Crippen LogP) is 0.155. The van der Waals surface area contributed by atoms with Gasteiger partial charge in [-0.05, 0) is 30.2 Å². The van der Waals surface area contributed by atoms with Crippen LogP contribution < -0.4 is 15.8 Å². The van der Waals surface area contributed by atoms with Gasteiger partial charge < -0.3 is 15.4 Å². The summed E-state index contributed by atoms with van der Waals surface area (Å²) in [5.74, 6) is 0.0385. The van der Waals surface area contributed by atoms with Gasteiger partial charge in [-0.1, -0.05) is 12.1 Å². The number of ether oxygens (including phenoxy) is 1. The van der Waals surface area contributed by atoms with Gasteiger partial charge in [-0.2, -0.15) is 0 Å². The highest BCUT2D eigenvalue weighted by Crippen LogP contribution is 2.09. The molecule has 26 heavy (non-hydrogen) atoms. The normalized spacial score (nSPS) is 11.2. The second kappa shape index (κ2) is 9.22. The third-order valence-corrected chi connectivity index (χ3v) is 4.36. The Morgan fingerprint density at radius 1 is 1.19 bits per heavy atom. The zero-order valence-electron chi connectivity index (χ0n) is 14.3. The van der Waals surface area contributed by atoms with E-state index in [0.29, 0.717) is 32.1 Å². The number of methoxy groups -OCH3 is 1. The van der Waals surface area contributed by atoms with E-state index in [-0.39, 0.29) is 16.5 Å². The number of hydrogen-bond acceptors (Lipinski definition) is 7. The van der Waals surface area contributed by atoms with Crippen molar-refractivity contribution in [2.45, 2.75) is 11.3 Å². The summed E-state index contributed by atoms with van der Waals surface area (Å²) in [5.41, 5.74) is 1.13. The van der Waals surface area contributed by atoms with E-state index in [1.807, 2.05) is 0 Å². The first kappa shape index (κ1) is 19.8. The smallest absolute Gasteiger partial charge is 0.270 e. The maximum Gasteiger partial charge on any atom is 0.270 e. The van der Waals surface area contributed by atoms with E-state index in [9.17, 15) is 13.2 Å². The number of sulfonamides is 1. The minimum atomic E-state index is -3.70. The Morgan fingerprint density at radius 3 is 2.58 bits per heavy atom. The second-order valence-electron chi connectivity index (χ2n) is 5.38. The highest BCUT2D eigenvalue weighted by atomic mass is 32.2. The third kappa shape index (κ3) is 6.06. The van der Waals surface area contributed by atoms with Gasteiger partial charge in [0.05, 0.1) is 11.5 Å². The van der Waals surface area contributed by atoms with E-state index in [1.165, 1.54) is 24.4 Å². The number of carbonyl (C=O) groups is 1. The monoisotopic (exact) mass is 379 g/mol. The number of rotatable bonds is 9. The van der Waals surface area contributed by atoms with Crippen molar-refractivity contribution in [3.63, 3.8) is 0 Å². The van der Waals surface area contributed by atoms with Crippen LogP contribution in [-0.2, 0) is 21.2 Å². The lowest BCUT2D eigenvalue weighted by molar-refractivity contribution is 0.0949. The summed E-state index contributed by atoms with van der Waals surface area (Å²) in [6, 6.07) is 7.73. The first-order valence-corrected chi connectivity index (χ1v) is 9.40. The molecule has 1 aromatic heterocycles. The molecular formula is C16H21N5O4S. The Bertz CT molecular complexity index is 840. The number of amides is 1. The molecule has 0 fully saturated rings. The molecule has 0 spiro atoms. The van der Waals surface area contributed by atoms with Crippen molar-refractivity contribution < 1.29 is 17.9 Å². The lowest BCUT2D eigenvalue weighted by Gasteiger charge is -2.07. The van der Waals surface area contributed by atoms with Crippen molar-refractivity contribution in [3.8, 4) is 0 Å².